The van der Waals surface area contributed by atoms with Gasteiger partial charge in [0.2, 0.25) is 0 Å². The van der Waals surface area contributed by atoms with Gasteiger partial charge in [-0.25, -0.2) is 0 Å². The fourth-order valence-electron chi connectivity index (χ4n) is 1.78. The molecular weight excluding hydrogens is 205 g/mol. The third-order valence-corrected chi connectivity index (χ3v) is 2.58. The Labute approximate surface area is 86.1 Å². The summed E-state index contributed by atoms with van der Waals surface area (Å²) in [5.74, 6) is -0.148. The average molecular weight is 218 g/mol. The molecule has 84 valence electrons. The second-order valence-electron chi connectivity index (χ2n) is 4.27. The Hall–Kier alpha value is -1.00. The number of alkyl halides is 3. The van der Waals surface area contributed by atoms with Crippen molar-refractivity contribution in [3.05, 3.63) is 17.5 Å². The first-order valence-corrected chi connectivity index (χ1v) is 5.06. The molecule has 2 nitrogen and oxygen atoms in total. The number of halogens is 3. The summed E-state index contributed by atoms with van der Waals surface area (Å²) in [4.78, 5) is 0. The van der Waals surface area contributed by atoms with Gasteiger partial charge in [-0.2, -0.15) is 18.3 Å². The van der Waals surface area contributed by atoms with Gasteiger partial charge in [0, 0.05) is 0 Å². The molecule has 0 bridgehead atoms. The maximum absolute atomic E-state index is 12.7. The van der Waals surface area contributed by atoms with E-state index in [4.69, 9.17) is 0 Å². The molecular formula is C10H13F3N2. The molecule has 0 saturated heterocycles. The van der Waals surface area contributed by atoms with Gasteiger partial charge in [-0.05, 0) is 18.8 Å². The van der Waals surface area contributed by atoms with E-state index in [0.29, 0.717) is 5.69 Å². The van der Waals surface area contributed by atoms with Crippen LogP contribution in [-0.2, 0) is 6.18 Å². The van der Waals surface area contributed by atoms with Crippen LogP contribution in [0.1, 0.15) is 49.9 Å². The lowest BCUT2D eigenvalue weighted by Gasteiger charge is -2.13. The molecule has 1 fully saturated rings. The van der Waals surface area contributed by atoms with Crippen molar-refractivity contribution in [2.24, 2.45) is 0 Å². The minimum absolute atomic E-state index is 0.148. The number of hydrogen-bond acceptors (Lipinski definition) is 1. The second kappa shape index (κ2) is 3.25. The Kier molecular flexibility index (Phi) is 2.28. The molecule has 5 heteroatoms. The second-order valence-corrected chi connectivity index (χ2v) is 4.27. The first kappa shape index (κ1) is 10.5. The van der Waals surface area contributed by atoms with Gasteiger partial charge < -0.3 is 0 Å². The van der Waals surface area contributed by atoms with Crippen LogP contribution in [0.2, 0.25) is 0 Å². The van der Waals surface area contributed by atoms with E-state index in [1.54, 1.807) is 18.5 Å². The molecule has 1 aliphatic carbocycles. The van der Waals surface area contributed by atoms with E-state index < -0.39 is 11.7 Å². The van der Waals surface area contributed by atoms with Gasteiger partial charge >= 0.3 is 6.18 Å². The summed E-state index contributed by atoms with van der Waals surface area (Å²) >= 11 is 0. The van der Waals surface area contributed by atoms with Crippen LogP contribution < -0.4 is 0 Å². The lowest BCUT2D eigenvalue weighted by Crippen LogP contribution is -2.12. The van der Waals surface area contributed by atoms with Crippen molar-refractivity contribution in [1.82, 2.24) is 9.78 Å². The molecule has 1 heterocycles. The Morgan fingerprint density at radius 1 is 1.40 bits per heavy atom. The SMILES string of the molecule is CC(C)c1c(C(F)(F)F)cnn1C1CC1. The summed E-state index contributed by atoms with van der Waals surface area (Å²) < 4.78 is 39.5. The van der Waals surface area contributed by atoms with Crippen molar-refractivity contribution < 1.29 is 13.2 Å². The van der Waals surface area contributed by atoms with Gasteiger partial charge in [0.15, 0.2) is 0 Å². The van der Waals surface area contributed by atoms with Gasteiger partial charge in [-0.3, -0.25) is 4.68 Å². The lowest BCUT2D eigenvalue weighted by atomic mass is 10.1. The summed E-state index contributed by atoms with van der Waals surface area (Å²) in [5, 5.41) is 3.86. The van der Waals surface area contributed by atoms with Gasteiger partial charge in [-0.15, -0.1) is 0 Å². The molecule has 0 radical (unpaired) electrons. The summed E-state index contributed by atoms with van der Waals surface area (Å²) in [7, 11) is 0. The molecule has 15 heavy (non-hydrogen) atoms. The monoisotopic (exact) mass is 218 g/mol. The molecule has 1 aliphatic rings. The number of rotatable bonds is 2. The highest BCUT2D eigenvalue weighted by molar-refractivity contribution is 5.25. The fraction of sp³-hybridized carbons (Fsp3) is 0.700. The van der Waals surface area contributed by atoms with Crippen LogP contribution in [0.5, 0.6) is 0 Å². The van der Waals surface area contributed by atoms with E-state index in [1.807, 2.05) is 0 Å². The highest BCUT2D eigenvalue weighted by Crippen LogP contribution is 2.41. The highest BCUT2D eigenvalue weighted by Gasteiger charge is 2.39. The third kappa shape index (κ3) is 1.87. The van der Waals surface area contributed by atoms with E-state index in [2.05, 4.69) is 5.10 Å². The minimum atomic E-state index is -4.28. The number of aromatic nitrogens is 2. The molecule has 1 saturated carbocycles. The van der Waals surface area contributed by atoms with Crippen LogP contribution >= 0.6 is 0 Å². The van der Waals surface area contributed by atoms with Crippen molar-refractivity contribution in [3.63, 3.8) is 0 Å². The van der Waals surface area contributed by atoms with Gasteiger partial charge in [0.25, 0.3) is 0 Å². The van der Waals surface area contributed by atoms with E-state index in [0.717, 1.165) is 19.0 Å². The van der Waals surface area contributed by atoms with Gasteiger partial charge in [0.1, 0.15) is 0 Å². The van der Waals surface area contributed by atoms with Crippen LogP contribution in [0.3, 0.4) is 0 Å². The van der Waals surface area contributed by atoms with Crippen molar-refractivity contribution in [1.29, 1.82) is 0 Å². The van der Waals surface area contributed by atoms with Crippen molar-refractivity contribution in [3.8, 4) is 0 Å². The first-order chi connectivity index (χ1) is 6.91. The van der Waals surface area contributed by atoms with Crippen LogP contribution in [0.15, 0.2) is 6.20 Å². The van der Waals surface area contributed by atoms with E-state index >= 15 is 0 Å². The van der Waals surface area contributed by atoms with Crippen molar-refractivity contribution in [2.75, 3.05) is 0 Å². The smallest absolute Gasteiger partial charge is 0.266 e. The van der Waals surface area contributed by atoms with Crippen LogP contribution in [0, 0.1) is 0 Å². The van der Waals surface area contributed by atoms with Crippen LogP contribution in [0.4, 0.5) is 13.2 Å². The molecule has 0 unspecified atom stereocenters. The Morgan fingerprint density at radius 2 is 2.00 bits per heavy atom. The van der Waals surface area contributed by atoms with E-state index in [9.17, 15) is 13.2 Å². The lowest BCUT2D eigenvalue weighted by molar-refractivity contribution is -0.138. The molecule has 2 rings (SSSR count). The maximum Gasteiger partial charge on any atom is 0.419 e. The first-order valence-electron chi connectivity index (χ1n) is 5.06. The minimum Gasteiger partial charge on any atom is -0.266 e. The summed E-state index contributed by atoms with van der Waals surface area (Å²) in [6, 6.07) is 0.193. The van der Waals surface area contributed by atoms with Crippen LogP contribution in [0.25, 0.3) is 0 Å². The van der Waals surface area contributed by atoms with Crippen molar-refractivity contribution >= 4 is 0 Å². The quantitative estimate of drug-likeness (QED) is 0.744. The Balaban J connectivity index is 2.46. The zero-order valence-electron chi connectivity index (χ0n) is 8.67. The van der Waals surface area contributed by atoms with Gasteiger partial charge in [0.05, 0.1) is 23.5 Å². The summed E-state index contributed by atoms with van der Waals surface area (Å²) in [6.07, 6.45) is -1.45. The molecule has 0 amide bonds. The zero-order valence-corrected chi connectivity index (χ0v) is 8.67. The van der Waals surface area contributed by atoms with E-state index in [-0.39, 0.29) is 12.0 Å². The Bertz CT molecular complexity index is 361. The molecule has 0 spiro atoms. The predicted molar refractivity (Wildman–Crippen MR) is 49.6 cm³/mol. The van der Waals surface area contributed by atoms with E-state index in [1.165, 1.54) is 0 Å². The molecule has 1 aromatic heterocycles. The summed E-state index contributed by atoms with van der Waals surface area (Å²) in [5.41, 5.74) is -0.255. The molecule has 1 aromatic rings. The largest absolute Gasteiger partial charge is 0.419 e. The standard InChI is InChI=1S/C10H13F3N2/c1-6(2)9-8(10(11,12)13)5-14-15(9)7-3-4-7/h5-7H,3-4H2,1-2H3. The number of nitrogens with zero attached hydrogens (tertiary/aromatic N) is 2. The third-order valence-electron chi connectivity index (χ3n) is 2.58. The number of hydrogen-bond donors (Lipinski definition) is 0. The maximum atomic E-state index is 12.7. The average Bonchev–Trinajstić information content (AvgIpc) is 2.81. The fourth-order valence-corrected chi connectivity index (χ4v) is 1.78. The Morgan fingerprint density at radius 3 is 2.40 bits per heavy atom. The molecule has 0 aromatic carbocycles. The van der Waals surface area contributed by atoms with Crippen molar-refractivity contribution in [2.45, 2.75) is 44.8 Å². The highest BCUT2D eigenvalue weighted by atomic mass is 19.4. The summed E-state index contributed by atoms with van der Waals surface area (Å²) in [6.45, 7) is 3.54. The molecule has 0 aliphatic heterocycles. The topological polar surface area (TPSA) is 17.8 Å². The normalized spacial score (nSPS) is 17.5. The predicted octanol–water partition coefficient (Wildman–Crippen LogP) is 3.36. The molecule has 0 N–H and O–H groups in total. The zero-order chi connectivity index (χ0) is 11.2. The molecule has 0 atom stereocenters. The van der Waals surface area contributed by atoms with Crippen LogP contribution in [-0.4, -0.2) is 9.78 Å². The van der Waals surface area contributed by atoms with Gasteiger partial charge in [-0.1, -0.05) is 13.8 Å².